The Bertz CT molecular complexity index is 693. The second kappa shape index (κ2) is 13.1. The van der Waals surface area contributed by atoms with E-state index >= 15 is 0 Å². The lowest BCUT2D eigenvalue weighted by Gasteiger charge is -2.26. The third-order valence-electron chi connectivity index (χ3n) is 6.13. The van der Waals surface area contributed by atoms with Crippen molar-refractivity contribution in [3.8, 4) is 0 Å². The topological polar surface area (TPSA) is 54.4 Å². The van der Waals surface area contributed by atoms with E-state index in [1.807, 2.05) is 6.07 Å². The minimum absolute atomic E-state index is 0. The number of amides is 1. The number of aliphatic imine (C=N–C) groups is 1. The molecule has 2 fully saturated rings. The number of halogens is 1. The number of anilines is 1. The van der Waals surface area contributed by atoms with Crippen LogP contribution in [0.3, 0.4) is 0 Å². The Morgan fingerprint density at radius 1 is 1.13 bits per heavy atom. The van der Waals surface area contributed by atoms with Gasteiger partial charge in [0.1, 0.15) is 6.54 Å². The van der Waals surface area contributed by atoms with Gasteiger partial charge < -0.3 is 20.0 Å². The van der Waals surface area contributed by atoms with Gasteiger partial charge in [-0.15, -0.1) is 24.0 Å². The number of hydrogen-bond donors (Lipinski definition) is 1. The number of nitrogens with one attached hydrogen (secondary N) is 1. The lowest BCUT2D eigenvalue weighted by Crippen LogP contribution is -2.44. The van der Waals surface area contributed by atoms with E-state index in [-0.39, 0.29) is 36.4 Å². The third kappa shape index (κ3) is 7.82. The fraction of sp³-hybridized carbons (Fsp3) is 0.652. The van der Waals surface area contributed by atoms with Gasteiger partial charge in [-0.25, -0.2) is 4.99 Å². The van der Waals surface area contributed by atoms with Gasteiger partial charge in [-0.2, -0.15) is 0 Å². The van der Waals surface area contributed by atoms with Crippen molar-refractivity contribution in [2.75, 3.05) is 71.9 Å². The Kier molecular flexibility index (Phi) is 10.9. The van der Waals surface area contributed by atoms with Gasteiger partial charge in [0.15, 0.2) is 5.96 Å². The highest BCUT2D eigenvalue weighted by molar-refractivity contribution is 14.0. The van der Waals surface area contributed by atoms with Crippen LogP contribution in [0.2, 0.25) is 0 Å². The molecule has 7 nitrogen and oxygen atoms in total. The molecule has 0 saturated carbocycles. The lowest BCUT2D eigenvalue weighted by molar-refractivity contribution is -0.127. The predicted octanol–water partition coefficient (Wildman–Crippen LogP) is 2.33. The molecule has 1 atom stereocenters. The first-order valence-electron chi connectivity index (χ1n) is 11.3. The molecule has 8 heteroatoms. The first-order chi connectivity index (χ1) is 14.5. The molecule has 3 rings (SSSR count). The van der Waals surface area contributed by atoms with Gasteiger partial charge in [0.2, 0.25) is 5.91 Å². The molecular formula is C23H39IN6O. The summed E-state index contributed by atoms with van der Waals surface area (Å²) in [6.45, 7) is 6.48. The molecule has 174 valence electrons. The van der Waals surface area contributed by atoms with Crippen LogP contribution in [0.1, 0.15) is 25.7 Å². The SMILES string of the molecule is CN(C)C(=O)CN=C(NCCCN(C)c1ccccc1)N1CCC(N2CCCC2)C1.I. The molecule has 1 aromatic rings. The highest BCUT2D eigenvalue weighted by Gasteiger charge is 2.30. The third-order valence-corrected chi connectivity index (χ3v) is 6.13. The number of likely N-dealkylation sites (N-methyl/N-ethyl adjacent to an activating group) is 1. The van der Waals surface area contributed by atoms with Gasteiger partial charge in [-0.05, 0) is 50.9 Å². The Hall–Kier alpha value is -1.55. The van der Waals surface area contributed by atoms with Gasteiger partial charge in [0, 0.05) is 59.1 Å². The largest absolute Gasteiger partial charge is 0.375 e. The number of hydrogen-bond acceptors (Lipinski definition) is 4. The molecule has 0 bridgehead atoms. The van der Waals surface area contributed by atoms with E-state index in [0.717, 1.165) is 38.6 Å². The molecule has 2 aliphatic rings. The smallest absolute Gasteiger partial charge is 0.243 e. The molecule has 0 aromatic heterocycles. The Balaban J connectivity index is 0.00000341. The summed E-state index contributed by atoms with van der Waals surface area (Å²) in [6.07, 6.45) is 4.83. The molecule has 1 unspecified atom stereocenters. The number of nitrogens with zero attached hydrogens (tertiary/aromatic N) is 5. The highest BCUT2D eigenvalue weighted by Crippen LogP contribution is 2.20. The van der Waals surface area contributed by atoms with Gasteiger partial charge in [-0.3, -0.25) is 9.69 Å². The first kappa shape index (κ1) is 25.7. The number of rotatable bonds is 8. The van der Waals surface area contributed by atoms with Crippen molar-refractivity contribution in [3.05, 3.63) is 30.3 Å². The molecule has 2 heterocycles. The summed E-state index contributed by atoms with van der Waals surface area (Å²) < 4.78 is 0. The van der Waals surface area contributed by atoms with E-state index in [1.54, 1.807) is 19.0 Å². The molecular weight excluding hydrogens is 503 g/mol. The maximum absolute atomic E-state index is 12.1. The number of carbonyl (C=O) groups excluding carboxylic acids is 1. The summed E-state index contributed by atoms with van der Waals surface area (Å²) in [4.78, 5) is 25.6. The molecule has 1 N–H and O–H groups in total. The molecule has 0 spiro atoms. The zero-order valence-electron chi connectivity index (χ0n) is 19.3. The summed E-state index contributed by atoms with van der Waals surface area (Å²) in [5, 5.41) is 3.53. The molecule has 2 aliphatic heterocycles. The number of guanidine groups is 1. The van der Waals surface area contributed by atoms with Gasteiger partial charge in [0.05, 0.1) is 0 Å². The summed E-state index contributed by atoms with van der Waals surface area (Å²) in [5.74, 6) is 0.919. The fourth-order valence-electron chi connectivity index (χ4n) is 4.22. The maximum Gasteiger partial charge on any atom is 0.243 e. The standard InChI is InChI=1S/C23H38N6O.HI/c1-26(2)22(30)18-25-23(29-17-12-21(19-29)28-15-7-8-16-28)24-13-9-14-27(3)20-10-5-4-6-11-20;/h4-6,10-11,21H,7-9,12-19H2,1-3H3,(H,24,25);1H. The van der Waals surface area contributed by atoms with Crippen molar-refractivity contribution >= 4 is 41.5 Å². The van der Waals surface area contributed by atoms with E-state index in [0.29, 0.717) is 6.04 Å². The van der Waals surface area contributed by atoms with Crippen molar-refractivity contribution in [1.29, 1.82) is 0 Å². The van der Waals surface area contributed by atoms with E-state index in [2.05, 4.69) is 56.3 Å². The zero-order valence-corrected chi connectivity index (χ0v) is 21.6. The molecule has 31 heavy (non-hydrogen) atoms. The van der Waals surface area contributed by atoms with Crippen molar-refractivity contribution < 1.29 is 4.79 Å². The Morgan fingerprint density at radius 2 is 1.84 bits per heavy atom. The van der Waals surface area contributed by atoms with Crippen LogP contribution < -0.4 is 10.2 Å². The zero-order chi connectivity index (χ0) is 21.3. The summed E-state index contributed by atoms with van der Waals surface area (Å²) >= 11 is 0. The van der Waals surface area contributed by atoms with Crippen LogP contribution in [-0.4, -0.2) is 99.6 Å². The molecule has 1 amide bonds. The van der Waals surface area contributed by atoms with Crippen molar-refractivity contribution in [2.45, 2.75) is 31.7 Å². The normalized spacial score (nSPS) is 19.3. The summed E-state index contributed by atoms with van der Waals surface area (Å²) in [5.41, 5.74) is 1.23. The van der Waals surface area contributed by atoms with Crippen LogP contribution in [-0.2, 0) is 4.79 Å². The number of likely N-dealkylation sites (tertiary alicyclic amines) is 2. The van der Waals surface area contributed by atoms with E-state index in [4.69, 9.17) is 0 Å². The van der Waals surface area contributed by atoms with Gasteiger partial charge >= 0.3 is 0 Å². The monoisotopic (exact) mass is 542 g/mol. The Labute approximate surface area is 204 Å². The van der Waals surface area contributed by atoms with E-state index in [9.17, 15) is 4.79 Å². The van der Waals surface area contributed by atoms with Crippen LogP contribution in [0.4, 0.5) is 5.69 Å². The van der Waals surface area contributed by atoms with E-state index < -0.39 is 0 Å². The molecule has 0 radical (unpaired) electrons. The average molecular weight is 543 g/mol. The molecule has 1 aromatic carbocycles. The summed E-state index contributed by atoms with van der Waals surface area (Å²) in [7, 11) is 5.69. The lowest BCUT2D eigenvalue weighted by atomic mass is 10.2. The second-order valence-electron chi connectivity index (χ2n) is 8.60. The van der Waals surface area contributed by atoms with Crippen molar-refractivity contribution in [3.63, 3.8) is 0 Å². The van der Waals surface area contributed by atoms with E-state index in [1.165, 1.54) is 38.0 Å². The van der Waals surface area contributed by atoms with Gasteiger partial charge in [0.25, 0.3) is 0 Å². The second-order valence-corrected chi connectivity index (χ2v) is 8.60. The average Bonchev–Trinajstić information content (AvgIpc) is 3.45. The van der Waals surface area contributed by atoms with Gasteiger partial charge in [-0.1, -0.05) is 18.2 Å². The molecule has 0 aliphatic carbocycles. The first-order valence-corrected chi connectivity index (χ1v) is 11.3. The quantitative estimate of drug-likeness (QED) is 0.237. The fourth-order valence-corrected chi connectivity index (χ4v) is 4.22. The maximum atomic E-state index is 12.1. The van der Waals surface area contributed by atoms with Crippen LogP contribution in [0.5, 0.6) is 0 Å². The number of carbonyl (C=O) groups is 1. The minimum Gasteiger partial charge on any atom is -0.375 e. The highest BCUT2D eigenvalue weighted by atomic mass is 127. The number of para-hydroxylation sites is 1. The Morgan fingerprint density at radius 3 is 2.52 bits per heavy atom. The molecule has 2 saturated heterocycles. The van der Waals surface area contributed by atoms with Crippen LogP contribution in [0, 0.1) is 0 Å². The van der Waals surface area contributed by atoms with Crippen molar-refractivity contribution in [1.82, 2.24) is 20.0 Å². The summed E-state index contributed by atoms with van der Waals surface area (Å²) in [6, 6.07) is 11.1. The predicted molar refractivity (Wildman–Crippen MR) is 140 cm³/mol. The van der Waals surface area contributed by atoms with Crippen LogP contribution >= 0.6 is 24.0 Å². The number of benzene rings is 1. The minimum atomic E-state index is 0. The van der Waals surface area contributed by atoms with Crippen molar-refractivity contribution in [2.24, 2.45) is 4.99 Å². The van der Waals surface area contributed by atoms with Crippen LogP contribution in [0.15, 0.2) is 35.3 Å². The van der Waals surface area contributed by atoms with Crippen LogP contribution in [0.25, 0.3) is 0 Å².